The van der Waals surface area contributed by atoms with Crippen LogP contribution in [0.1, 0.15) is 6.92 Å². The van der Waals surface area contributed by atoms with Gasteiger partial charge in [0.05, 0.1) is 0 Å². The normalized spacial score (nSPS) is 12.5. The molecule has 72 valence electrons. The number of hydrogen-bond acceptors (Lipinski definition) is 5. The number of rotatable bonds is 2. The molecule has 13 heavy (non-hydrogen) atoms. The lowest BCUT2D eigenvalue weighted by Gasteiger charge is -2.09. The molecule has 7 heteroatoms. The van der Waals surface area contributed by atoms with Gasteiger partial charge in [-0.15, -0.1) is 0 Å². The van der Waals surface area contributed by atoms with Crippen LogP contribution in [0.4, 0.5) is 11.5 Å². The van der Waals surface area contributed by atoms with Gasteiger partial charge >= 0.3 is 5.69 Å². The molecule has 0 fully saturated rings. The largest absolute Gasteiger partial charge is 0.391 e. The molecule has 0 aliphatic carbocycles. The average Bonchev–Trinajstić information content (AvgIpc) is 1.98. The predicted octanol–water partition coefficient (Wildman–Crippen LogP) is -1.60. The number of nitrogens with two attached hydrogens (primary N) is 1. The molecule has 1 heterocycles. The number of aliphatic hydroxyl groups is 1. The zero-order chi connectivity index (χ0) is 10.0. The van der Waals surface area contributed by atoms with Crippen LogP contribution in [-0.4, -0.2) is 21.3 Å². The molecule has 1 aromatic heterocycles. The Morgan fingerprint density at radius 1 is 1.46 bits per heavy atom. The van der Waals surface area contributed by atoms with Crippen molar-refractivity contribution in [1.29, 1.82) is 0 Å². The summed E-state index contributed by atoms with van der Waals surface area (Å²) in [6.07, 6.45) is -0.903. The molecule has 0 bridgehead atoms. The molecule has 0 saturated heterocycles. The minimum Gasteiger partial charge on any atom is -0.391 e. The van der Waals surface area contributed by atoms with Gasteiger partial charge in [0.25, 0.3) is 5.56 Å². The van der Waals surface area contributed by atoms with E-state index in [1.54, 1.807) is 0 Å². The highest BCUT2D eigenvalue weighted by atomic mass is 16.3. The Morgan fingerprint density at radius 2 is 2.08 bits per heavy atom. The molecule has 0 aromatic carbocycles. The van der Waals surface area contributed by atoms with Crippen molar-refractivity contribution in [3.8, 4) is 0 Å². The second kappa shape index (κ2) is 3.31. The summed E-state index contributed by atoms with van der Waals surface area (Å²) < 4.78 is 0. The van der Waals surface area contributed by atoms with Crippen molar-refractivity contribution in [1.82, 2.24) is 9.97 Å². The standard InChI is InChI=1S/C6H10N4O3/c1-2(11)8-4-3(7)5(12)10-6(13)9-4/h2,11H,7H2,1H3,(H3,8,9,10,12,13). The minimum absolute atomic E-state index is 0.0174. The first-order chi connectivity index (χ1) is 6.00. The predicted molar refractivity (Wildman–Crippen MR) is 47.4 cm³/mol. The molecule has 7 nitrogen and oxygen atoms in total. The highest BCUT2D eigenvalue weighted by Crippen LogP contribution is 2.05. The summed E-state index contributed by atoms with van der Waals surface area (Å²) >= 11 is 0. The van der Waals surface area contributed by atoms with E-state index in [-0.39, 0.29) is 11.5 Å². The van der Waals surface area contributed by atoms with Crippen LogP contribution in [0.3, 0.4) is 0 Å². The van der Waals surface area contributed by atoms with Gasteiger partial charge in [0.2, 0.25) is 0 Å². The van der Waals surface area contributed by atoms with Gasteiger partial charge in [0.1, 0.15) is 17.7 Å². The Balaban J connectivity index is 3.21. The molecule has 0 aliphatic rings. The van der Waals surface area contributed by atoms with Gasteiger partial charge in [-0.25, -0.2) is 4.79 Å². The Kier molecular flexibility index (Phi) is 2.38. The maximum absolute atomic E-state index is 10.9. The smallest absolute Gasteiger partial charge is 0.327 e. The van der Waals surface area contributed by atoms with Crippen LogP contribution >= 0.6 is 0 Å². The zero-order valence-corrected chi connectivity index (χ0v) is 6.92. The maximum Gasteiger partial charge on any atom is 0.327 e. The topological polar surface area (TPSA) is 124 Å². The summed E-state index contributed by atoms with van der Waals surface area (Å²) in [6.45, 7) is 1.43. The van der Waals surface area contributed by atoms with Gasteiger partial charge in [-0.2, -0.15) is 0 Å². The molecule has 0 spiro atoms. The third-order valence-electron chi connectivity index (χ3n) is 1.33. The van der Waals surface area contributed by atoms with E-state index >= 15 is 0 Å². The number of aromatic amines is 2. The second-order valence-electron chi connectivity index (χ2n) is 2.52. The molecule has 1 atom stereocenters. The molecule has 1 unspecified atom stereocenters. The number of H-pyrrole nitrogens is 2. The minimum atomic E-state index is -0.903. The first-order valence-electron chi connectivity index (χ1n) is 3.57. The summed E-state index contributed by atoms with van der Waals surface area (Å²) in [6, 6.07) is 0. The number of hydrogen-bond donors (Lipinski definition) is 5. The van der Waals surface area contributed by atoms with E-state index in [9.17, 15) is 9.59 Å². The number of aromatic nitrogens is 2. The summed E-state index contributed by atoms with van der Waals surface area (Å²) in [5.41, 5.74) is 3.78. The Labute approximate surface area is 72.6 Å². The van der Waals surface area contributed by atoms with Gasteiger partial charge in [-0.1, -0.05) is 0 Å². The monoisotopic (exact) mass is 186 g/mol. The lowest BCUT2D eigenvalue weighted by molar-refractivity contribution is 0.224. The quantitative estimate of drug-likeness (QED) is 0.356. The van der Waals surface area contributed by atoms with Crippen molar-refractivity contribution in [2.45, 2.75) is 13.2 Å². The molecule has 1 aromatic rings. The van der Waals surface area contributed by atoms with E-state index in [0.29, 0.717) is 0 Å². The summed E-state index contributed by atoms with van der Waals surface area (Å²) in [7, 11) is 0. The number of nitrogens with one attached hydrogen (secondary N) is 3. The van der Waals surface area contributed by atoms with Crippen molar-refractivity contribution < 1.29 is 5.11 Å². The van der Waals surface area contributed by atoms with Crippen LogP contribution in [0.25, 0.3) is 0 Å². The summed E-state index contributed by atoms with van der Waals surface area (Å²) in [5, 5.41) is 11.3. The fraction of sp³-hybridized carbons (Fsp3) is 0.333. The zero-order valence-electron chi connectivity index (χ0n) is 6.92. The van der Waals surface area contributed by atoms with Gasteiger partial charge < -0.3 is 16.2 Å². The molecule has 6 N–H and O–H groups in total. The Bertz CT molecular complexity index is 405. The van der Waals surface area contributed by atoms with Crippen molar-refractivity contribution in [2.24, 2.45) is 0 Å². The number of anilines is 2. The Morgan fingerprint density at radius 3 is 2.62 bits per heavy atom. The molecule has 0 aliphatic heterocycles. The summed E-state index contributed by atoms with van der Waals surface area (Å²) in [4.78, 5) is 25.9. The van der Waals surface area contributed by atoms with Crippen LogP contribution in [0.2, 0.25) is 0 Å². The van der Waals surface area contributed by atoms with Crippen LogP contribution in [0.15, 0.2) is 9.59 Å². The van der Waals surface area contributed by atoms with Gasteiger partial charge in [0.15, 0.2) is 0 Å². The van der Waals surface area contributed by atoms with Gasteiger partial charge in [-0.3, -0.25) is 14.8 Å². The van der Waals surface area contributed by atoms with Gasteiger partial charge in [0, 0.05) is 0 Å². The average molecular weight is 186 g/mol. The van der Waals surface area contributed by atoms with Crippen molar-refractivity contribution in [2.75, 3.05) is 11.1 Å². The van der Waals surface area contributed by atoms with Crippen LogP contribution in [0.5, 0.6) is 0 Å². The van der Waals surface area contributed by atoms with E-state index < -0.39 is 17.5 Å². The molecular formula is C6H10N4O3. The van der Waals surface area contributed by atoms with E-state index in [1.807, 2.05) is 4.98 Å². The molecule has 0 saturated carbocycles. The number of aliphatic hydroxyl groups excluding tert-OH is 1. The van der Waals surface area contributed by atoms with Crippen LogP contribution in [0, 0.1) is 0 Å². The fourth-order valence-corrected chi connectivity index (χ4v) is 0.819. The van der Waals surface area contributed by atoms with Crippen molar-refractivity contribution >= 4 is 11.5 Å². The highest BCUT2D eigenvalue weighted by Gasteiger charge is 2.05. The van der Waals surface area contributed by atoms with Gasteiger partial charge in [-0.05, 0) is 6.92 Å². The third kappa shape index (κ3) is 2.09. The van der Waals surface area contributed by atoms with Crippen LogP contribution in [-0.2, 0) is 0 Å². The maximum atomic E-state index is 10.9. The Hall–Kier alpha value is -1.76. The van der Waals surface area contributed by atoms with E-state index in [1.165, 1.54) is 6.92 Å². The first-order valence-corrected chi connectivity index (χ1v) is 3.57. The first kappa shape index (κ1) is 9.33. The molecule has 1 rings (SSSR count). The van der Waals surface area contributed by atoms with Crippen molar-refractivity contribution in [3.63, 3.8) is 0 Å². The fourth-order valence-electron chi connectivity index (χ4n) is 0.819. The highest BCUT2D eigenvalue weighted by molar-refractivity contribution is 5.58. The van der Waals surface area contributed by atoms with Crippen LogP contribution < -0.4 is 22.3 Å². The van der Waals surface area contributed by atoms with E-state index in [4.69, 9.17) is 10.8 Å². The summed E-state index contributed by atoms with van der Waals surface area (Å²) in [5.74, 6) is 0.0174. The molecular weight excluding hydrogens is 176 g/mol. The lowest BCUT2D eigenvalue weighted by Crippen LogP contribution is -2.28. The van der Waals surface area contributed by atoms with E-state index in [2.05, 4.69) is 10.3 Å². The molecule has 0 amide bonds. The van der Waals surface area contributed by atoms with Crippen molar-refractivity contribution in [3.05, 3.63) is 20.8 Å². The molecule has 0 radical (unpaired) electrons. The SMILES string of the molecule is CC(O)Nc1[nH]c(=O)[nH]c(=O)c1N. The lowest BCUT2D eigenvalue weighted by atomic mass is 10.4. The van der Waals surface area contributed by atoms with E-state index in [0.717, 1.165) is 0 Å². The number of nitrogen functional groups attached to an aromatic ring is 1. The second-order valence-corrected chi connectivity index (χ2v) is 2.52. The third-order valence-corrected chi connectivity index (χ3v) is 1.33.